The van der Waals surface area contributed by atoms with Crippen molar-refractivity contribution >= 4 is 28.6 Å². The van der Waals surface area contributed by atoms with Crippen molar-refractivity contribution in [2.45, 2.75) is 24.7 Å². The number of hydrogen-bond donors (Lipinski definition) is 0. The van der Waals surface area contributed by atoms with Gasteiger partial charge in [-0.3, -0.25) is 14.3 Å². The monoisotopic (exact) mass is 397 g/mol. The van der Waals surface area contributed by atoms with E-state index in [0.29, 0.717) is 11.8 Å². The van der Waals surface area contributed by atoms with Gasteiger partial charge in [0.05, 0.1) is 11.1 Å². The number of rotatable bonds is 3. The first-order valence-corrected chi connectivity index (χ1v) is 10.0. The van der Waals surface area contributed by atoms with E-state index in [1.165, 1.54) is 0 Å². The Morgan fingerprint density at radius 2 is 1.77 bits per heavy atom. The van der Waals surface area contributed by atoms with Gasteiger partial charge in [0.1, 0.15) is 17.1 Å². The van der Waals surface area contributed by atoms with E-state index in [2.05, 4.69) is 15.0 Å². The van der Waals surface area contributed by atoms with Gasteiger partial charge in [-0.1, -0.05) is 12.5 Å². The Morgan fingerprint density at radius 1 is 1.00 bits per heavy atom. The zero-order valence-electron chi connectivity index (χ0n) is 16.4. The van der Waals surface area contributed by atoms with Gasteiger partial charge in [0, 0.05) is 25.0 Å². The summed E-state index contributed by atoms with van der Waals surface area (Å²) in [6.45, 7) is 0. The number of hydrogen-bond acceptors (Lipinski definition) is 5. The highest BCUT2D eigenvalue weighted by atomic mass is 16.5. The quantitative estimate of drug-likeness (QED) is 0.517. The number of nitrogens with zero attached hydrogens (tertiary/aromatic N) is 5. The van der Waals surface area contributed by atoms with Crippen LogP contribution in [0.4, 0.5) is 11.5 Å². The highest BCUT2D eigenvalue weighted by molar-refractivity contribution is 6.12. The summed E-state index contributed by atoms with van der Waals surface area (Å²) in [5.41, 5.74) is 3.00. The van der Waals surface area contributed by atoms with Gasteiger partial charge in [-0.15, -0.1) is 0 Å². The van der Waals surface area contributed by atoms with Crippen LogP contribution in [0.25, 0.3) is 11.2 Å². The SMILES string of the molecule is Cn1c(Oc2ccc(N3C(=O)C4(CCC4)c4cccnc43)cc2)nc2cccnc21. The maximum Gasteiger partial charge on any atom is 0.303 e. The van der Waals surface area contributed by atoms with Gasteiger partial charge < -0.3 is 4.74 Å². The summed E-state index contributed by atoms with van der Waals surface area (Å²) in [5, 5.41) is 0. The van der Waals surface area contributed by atoms with Crippen molar-refractivity contribution in [2.75, 3.05) is 4.90 Å². The molecule has 3 aromatic heterocycles. The molecule has 2 aliphatic rings. The lowest BCUT2D eigenvalue weighted by molar-refractivity contribution is -0.125. The molecule has 7 heteroatoms. The molecule has 30 heavy (non-hydrogen) atoms. The largest absolute Gasteiger partial charge is 0.425 e. The molecule has 1 aliphatic carbocycles. The molecule has 148 valence electrons. The average molecular weight is 397 g/mol. The van der Waals surface area contributed by atoms with E-state index in [9.17, 15) is 4.79 Å². The second kappa shape index (κ2) is 6.13. The molecule has 1 aliphatic heterocycles. The number of benzene rings is 1. The van der Waals surface area contributed by atoms with E-state index in [-0.39, 0.29) is 5.91 Å². The molecule has 0 radical (unpaired) electrons. The number of aryl methyl sites for hydroxylation is 1. The number of ether oxygens (including phenoxy) is 1. The number of amides is 1. The summed E-state index contributed by atoms with van der Waals surface area (Å²) < 4.78 is 7.79. The predicted molar refractivity (Wildman–Crippen MR) is 112 cm³/mol. The number of imidazole rings is 1. The van der Waals surface area contributed by atoms with Crippen molar-refractivity contribution in [2.24, 2.45) is 7.05 Å². The summed E-state index contributed by atoms with van der Waals surface area (Å²) in [7, 11) is 1.87. The molecule has 0 N–H and O–H groups in total. The van der Waals surface area contributed by atoms with E-state index in [1.54, 1.807) is 17.3 Å². The Hall–Kier alpha value is -3.74. The number of aromatic nitrogens is 4. The third-order valence-electron chi connectivity index (χ3n) is 6.22. The molecule has 4 heterocycles. The molecule has 7 nitrogen and oxygen atoms in total. The fourth-order valence-electron chi connectivity index (χ4n) is 4.49. The predicted octanol–water partition coefficient (Wildman–Crippen LogP) is 4.26. The van der Waals surface area contributed by atoms with Gasteiger partial charge in [0.2, 0.25) is 5.91 Å². The molecule has 0 unspecified atom stereocenters. The Kier molecular flexibility index (Phi) is 3.50. The normalized spacial score (nSPS) is 16.7. The molecule has 1 amide bonds. The maximum absolute atomic E-state index is 13.3. The van der Waals surface area contributed by atoms with Crippen molar-refractivity contribution in [1.82, 2.24) is 19.5 Å². The lowest BCUT2D eigenvalue weighted by Gasteiger charge is -2.36. The number of carbonyl (C=O) groups excluding carboxylic acids is 1. The van der Waals surface area contributed by atoms with Crippen LogP contribution >= 0.6 is 0 Å². The van der Waals surface area contributed by atoms with Crippen molar-refractivity contribution in [3.05, 3.63) is 66.5 Å². The summed E-state index contributed by atoms with van der Waals surface area (Å²) in [4.78, 5) is 28.4. The van der Waals surface area contributed by atoms with Gasteiger partial charge in [0.15, 0.2) is 5.65 Å². The van der Waals surface area contributed by atoms with Crippen molar-refractivity contribution < 1.29 is 9.53 Å². The molecule has 1 aromatic carbocycles. The van der Waals surface area contributed by atoms with Crippen LogP contribution in [0.2, 0.25) is 0 Å². The molecule has 1 spiro atoms. The molecule has 0 saturated heterocycles. The smallest absolute Gasteiger partial charge is 0.303 e. The van der Waals surface area contributed by atoms with Crippen LogP contribution in [-0.2, 0) is 17.3 Å². The number of fused-ring (bicyclic) bond motifs is 3. The van der Waals surface area contributed by atoms with Gasteiger partial charge in [-0.05, 0) is 55.3 Å². The first-order valence-electron chi connectivity index (χ1n) is 10.0. The summed E-state index contributed by atoms with van der Waals surface area (Å²) in [6, 6.07) is 15.7. The topological polar surface area (TPSA) is 73.1 Å². The molecule has 1 saturated carbocycles. The summed E-state index contributed by atoms with van der Waals surface area (Å²) in [6.07, 6.45) is 6.34. The molecule has 1 fully saturated rings. The van der Waals surface area contributed by atoms with Gasteiger partial charge in [-0.2, -0.15) is 4.98 Å². The number of carbonyl (C=O) groups is 1. The van der Waals surface area contributed by atoms with E-state index in [4.69, 9.17) is 4.74 Å². The highest BCUT2D eigenvalue weighted by Crippen LogP contribution is 2.54. The van der Waals surface area contributed by atoms with E-state index < -0.39 is 5.41 Å². The van der Waals surface area contributed by atoms with Crippen LogP contribution in [0.3, 0.4) is 0 Å². The molecule has 6 rings (SSSR count). The standard InChI is InChI=1S/C23H19N5O2/c1-27-20-18(6-3-14-25-20)26-22(27)30-16-9-7-15(8-10-16)28-19-17(5-2-13-24-19)23(21(28)29)11-4-12-23/h2-3,5-10,13-14H,4,11-12H2,1H3. The summed E-state index contributed by atoms with van der Waals surface area (Å²) in [5.74, 6) is 1.51. The van der Waals surface area contributed by atoms with E-state index in [1.807, 2.05) is 60.1 Å². The third kappa shape index (κ3) is 2.26. The Morgan fingerprint density at radius 3 is 2.50 bits per heavy atom. The van der Waals surface area contributed by atoms with Crippen LogP contribution < -0.4 is 9.64 Å². The lowest BCUT2D eigenvalue weighted by atomic mass is 9.65. The fraction of sp³-hybridized carbons (Fsp3) is 0.217. The van der Waals surface area contributed by atoms with Crippen molar-refractivity contribution in [3.8, 4) is 11.8 Å². The van der Waals surface area contributed by atoms with Crippen LogP contribution in [0.1, 0.15) is 24.8 Å². The fourth-order valence-corrected chi connectivity index (χ4v) is 4.49. The number of anilines is 2. The first-order chi connectivity index (χ1) is 14.7. The van der Waals surface area contributed by atoms with Crippen LogP contribution in [-0.4, -0.2) is 25.4 Å². The van der Waals surface area contributed by atoms with Crippen molar-refractivity contribution in [1.29, 1.82) is 0 Å². The molecule has 0 atom stereocenters. The van der Waals surface area contributed by atoms with Crippen LogP contribution in [0, 0.1) is 0 Å². The molecule has 4 aromatic rings. The number of pyridine rings is 2. The van der Waals surface area contributed by atoms with Crippen LogP contribution in [0.15, 0.2) is 60.9 Å². The Bertz CT molecular complexity index is 1290. The van der Waals surface area contributed by atoms with Crippen molar-refractivity contribution in [3.63, 3.8) is 0 Å². The lowest BCUT2D eigenvalue weighted by Crippen LogP contribution is -2.43. The third-order valence-corrected chi connectivity index (χ3v) is 6.22. The maximum atomic E-state index is 13.3. The second-order valence-electron chi connectivity index (χ2n) is 7.85. The Balaban J connectivity index is 1.32. The van der Waals surface area contributed by atoms with Gasteiger partial charge >= 0.3 is 6.01 Å². The molecule has 0 bridgehead atoms. The zero-order valence-corrected chi connectivity index (χ0v) is 16.4. The molecular formula is C23H19N5O2. The van der Waals surface area contributed by atoms with Gasteiger partial charge in [0.25, 0.3) is 0 Å². The minimum absolute atomic E-state index is 0.123. The molecular weight excluding hydrogens is 378 g/mol. The highest BCUT2D eigenvalue weighted by Gasteiger charge is 2.55. The zero-order chi connectivity index (χ0) is 20.3. The second-order valence-corrected chi connectivity index (χ2v) is 7.85. The minimum Gasteiger partial charge on any atom is -0.425 e. The minimum atomic E-state index is -0.390. The van der Waals surface area contributed by atoms with Crippen LogP contribution in [0.5, 0.6) is 11.8 Å². The summed E-state index contributed by atoms with van der Waals surface area (Å²) >= 11 is 0. The van der Waals surface area contributed by atoms with Gasteiger partial charge in [-0.25, -0.2) is 9.97 Å². The average Bonchev–Trinajstić information content (AvgIpc) is 3.20. The van der Waals surface area contributed by atoms with E-state index in [0.717, 1.165) is 47.5 Å². The Labute approximate surface area is 173 Å². The van der Waals surface area contributed by atoms with E-state index >= 15 is 0 Å². The first kappa shape index (κ1) is 17.1.